The van der Waals surface area contributed by atoms with Crippen LogP contribution < -0.4 is 4.90 Å². The quantitative estimate of drug-likeness (QED) is 0.523. The van der Waals surface area contributed by atoms with Gasteiger partial charge < -0.3 is 4.90 Å². The fourth-order valence-electron chi connectivity index (χ4n) is 2.27. The van der Waals surface area contributed by atoms with Crippen molar-refractivity contribution in [2.75, 3.05) is 18.0 Å². The molecule has 114 valence electrons. The Hall–Kier alpha value is -1.87. The van der Waals surface area contributed by atoms with E-state index in [1.807, 2.05) is 54.6 Å². The molecule has 0 bridgehead atoms. The number of carbonyl (C=O) groups is 1. The molecule has 2 aromatic carbocycles. The first-order valence-electron chi connectivity index (χ1n) is 7.47. The molecule has 0 N–H and O–H groups in total. The van der Waals surface area contributed by atoms with Crippen molar-refractivity contribution in [1.82, 2.24) is 0 Å². The number of ketones is 1. The Bertz CT molecular complexity index is 640. The van der Waals surface area contributed by atoms with E-state index in [0.29, 0.717) is 5.56 Å². The molecule has 2 rings (SSSR count). The van der Waals surface area contributed by atoms with Crippen molar-refractivity contribution in [1.29, 1.82) is 0 Å². The van der Waals surface area contributed by atoms with Crippen molar-refractivity contribution < 1.29 is 4.79 Å². The van der Waals surface area contributed by atoms with E-state index in [-0.39, 0.29) is 5.78 Å². The van der Waals surface area contributed by atoms with Gasteiger partial charge in [0, 0.05) is 28.8 Å². The van der Waals surface area contributed by atoms with Crippen LogP contribution in [0.4, 0.5) is 5.69 Å². The largest absolute Gasteiger partial charge is 0.372 e. The van der Waals surface area contributed by atoms with Crippen LogP contribution in [-0.2, 0) is 0 Å². The lowest BCUT2D eigenvalue weighted by molar-refractivity contribution is 0.104. The Balaban J connectivity index is 2.08. The Morgan fingerprint density at radius 1 is 1.00 bits per heavy atom. The molecular weight excluding hydrogens is 338 g/mol. The summed E-state index contributed by atoms with van der Waals surface area (Å²) in [5.41, 5.74) is 2.87. The predicted octanol–water partition coefficient (Wildman–Crippen LogP) is 5.19. The second kappa shape index (κ2) is 7.95. The normalized spacial score (nSPS) is 10.9. The number of rotatable bonds is 6. The molecule has 2 aromatic rings. The zero-order valence-corrected chi connectivity index (χ0v) is 14.5. The number of anilines is 1. The second-order valence-corrected chi connectivity index (χ2v) is 5.88. The first-order valence-corrected chi connectivity index (χ1v) is 8.26. The van der Waals surface area contributed by atoms with Crippen molar-refractivity contribution >= 4 is 33.5 Å². The lowest BCUT2D eigenvalue weighted by Crippen LogP contribution is -2.21. The van der Waals surface area contributed by atoms with Crippen LogP contribution in [0.2, 0.25) is 0 Å². The van der Waals surface area contributed by atoms with E-state index in [0.717, 1.165) is 28.8 Å². The van der Waals surface area contributed by atoms with Crippen LogP contribution in [0.1, 0.15) is 29.8 Å². The van der Waals surface area contributed by atoms with Crippen LogP contribution in [0.25, 0.3) is 6.08 Å². The zero-order chi connectivity index (χ0) is 15.9. The second-order valence-electron chi connectivity index (χ2n) is 4.97. The Labute approximate surface area is 140 Å². The van der Waals surface area contributed by atoms with Gasteiger partial charge in [0.2, 0.25) is 0 Å². The Morgan fingerprint density at radius 3 is 2.14 bits per heavy atom. The zero-order valence-electron chi connectivity index (χ0n) is 12.9. The van der Waals surface area contributed by atoms with Crippen LogP contribution in [0.5, 0.6) is 0 Å². The number of carbonyl (C=O) groups excluding carboxylic acids is 1. The number of nitrogens with zero attached hydrogens (tertiary/aromatic N) is 1. The highest BCUT2D eigenvalue weighted by molar-refractivity contribution is 9.10. The average molecular weight is 358 g/mol. The van der Waals surface area contributed by atoms with Crippen LogP contribution >= 0.6 is 15.9 Å². The van der Waals surface area contributed by atoms with Crippen LogP contribution in [0.15, 0.2) is 59.1 Å². The number of benzene rings is 2. The molecule has 0 amide bonds. The Kier molecular flexibility index (Phi) is 5.96. The predicted molar refractivity (Wildman–Crippen MR) is 97.5 cm³/mol. The van der Waals surface area contributed by atoms with Crippen molar-refractivity contribution in [3.8, 4) is 0 Å². The molecule has 3 heteroatoms. The highest BCUT2D eigenvalue weighted by atomic mass is 79.9. The number of halogens is 1. The minimum Gasteiger partial charge on any atom is -0.372 e. The van der Waals surface area contributed by atoms with E-state index >= 15 is 0 Å². The third-order valence-electron chi connectivity index (χ3n) is 3.58. The molecule has 0 aliphatic heterocycles. The topological polar surface area (TPSA) is 20.3 Å². The van der Waals surface area contributed by atoms with Gasteiger partial charge >= 0.3 is 0 Å². The van der Waals surface area contributed by atoms with Crippen LogP contribution in [-0.4, -0.2) is 18.9 Å². The molecule has 0 radical (unpaired) electrons. The van der Waals surface area contributed by atoms with Crippen LogP contribution in [0, 0.1) is 0 Å². The summed E-state index contributed by atoms with van der Waals surface area (Å²) < 4.78 is 1.03. The van der Waals surface area contributed by atoms with Crippen molar-refractivity contribution in [2.24, 2.45) is 0 Å². The molecule has 0 fully saturated rings. The summed E-state index contributed by atoms with van der Waals surface area (Å²) in [7, 11) is 0. The van der Waals surface area contributed by atoms with Gasteiger partial charge in [0.05, 0.1) is 0 Å². The van der Waals surface area contributed by atoms with Gasteiger partial charge in [-0.15, -0.1) is 0 Å². The molecule has 0 atom stereocenters. The molecule has 0 aliphatic rings. The van der Waals surface area contributed by atoms with Crippen LogP contribution in [0.3, 0.4) is 0 Å². The van der Waals surface area contributed by atoms with E-state index < -0.39 is 0 Å². The van der Waals surface area contributed by atoms with E-state index in [2.05, 4.69) is 34.7 Å². The van der Waals surface area contributed by atoms with Gasteiger partial charge in [-0.25, -0.2) is 0 Å². The summed E-state index contributed by atoms with van der Waals surface area (Å²) in [6.07, 6.45) is 3.46. The van der Waals surface area contributed by atoms with Crippen molar-refractivity contribution in [3.05, 3.63) is 70.2 Å². The van der Waals surface area contributed by atoms with E-state index in [1.54, 1.807) is 6.08 Å². The van der Waals surface area contributed by atoms with Crippen molar-refractivity contribution in [3.63, 3.8) is 0 Å². The Morgan fingerprint density at radius 2 is 1.59 bits per heavy atom. The number of hydrogen-bond acceptors (Lipinski definition) is 2. The molecular formula is C19H20BrNO. The minimum atomic E-state index is 0.0222. The molecule has 0 saturated carbocycles. The summed E-state index contributed by atoms with van der Waals surface area (Å²) in [4.78, 5) is 14.5. The van der Waals surface area contributed by atoms with Gasteiger partial charge in [0.15, 0.2) is 5.78 Å². The smallest absolute Gasteiger partial charge is 0.185 e. The molecule has 0 unspecified atom stereocenters. The van der Waals surface area contributed by atoms with Gasteiger partial charge in [0.25, 0.3) is 0 Å². The van der Waals surface area contributed by atoms with Gasteiger partial charge in [-0.1, -0.05) is 34.1 Å². The van der Waals surface area contributed by atoms with Gasteiger partial charge in [-0.3, -0.25) is 4.79 Å². The minimum absolute atomic E-state index is 0.0222. The molecule has 2 nitrogen and oxygen atoms in total. The van der Waals surface area contributed by atoms with E-state index in [1.165, 1.54) is 0 Å². The standard InChI is InChI=1S/C19H20BrNO/c1-3-21(4-2)18-12-8-16(9-13-18)19(22)14-7-15-5-10-17(20)11-6-15/h5-14H,3-4H2,1-2H3. The summed E-state index contributed by atoms with van der Waals surface area (Å²) in [6, 6.07) is 15.7. The average Bonchev–Trinajstić information content (AvgIpc) is 2.56. The van der Waals surface area contributed by atoms with Gasteiger partial charge in [-0.05, 0) is 61.9 Å². The fourth-order valence-corrected chi connectivity index (χ4v) is 2.53. The molecule has 0 saturated heterocycles. The van der Waals surface area contributed by atoms with E-state index in [9.17, 15) is 4.79 Å². The third-order valence-corrected chi connectivity index (χ3v) is 4.11. The molecule has 0 spiro atoms. The first kappa shape index (κ1) is 16.5. The number of hydrogen-bond donors (Lipinski definition) is 0. The fraction of sp³-hybridized carbons (Fsp3) is 0.211. The van der Waals surface area contributed by atoms with Gasteiger partial charge in [0.1, 0.15) is 0 Å². The molecule has 0 aliphatic carbocycles. The number of allylic oxidation sites excluding steroid dienone is 1. The molecule has 22 heavy (non-hydrogen) atoms. The first-order chi connectivity index (χ1) is 10.6. The third kappa shape index (κ3) is 4.31. The SMILES string of the molecule is CCN(CC)c1ccc(C(=O)C=Cc2ccc(Br)cc2)cc1. The maximum absolute atomic E-state index is 12.2. The monoisotopic (exact) mass is 357 g/mol. The lowest BCUT2D eigenvalue weighted by atomic mass is 10.1. The summed E-state index contributed by atoms with van der Waals surface area (Å²) in [5.74, 6) is 0.0222. The van der Waals surface area contributed by atoms with Crippen molar-refractivity contribution in [2.45, 2.75) is 13.8 Å². The highest BCUT2D eigenvalue weighted by Gasteiger charge is 2.04. The maximum atomic E-state index is 12.2. The summed E-state index contributed by atoms with van der Waals surface area (Å²) in [6.45, 7) is 6.19. The summed E-state index contributed by atoms with van der Waals surface area (Å²) in [5, 5.41) is 0. The lowest BCUT2D eigenvalue weighted by Gasteiger charge is -2.20. The maximum Gasteiger partial charge on any atom is 0.185 e. The van der Waals surface area contributed by atoms with E-state index in [4.69, 9.17) is 0 Å². The summed E-state index contributed by atoms with van der Waals surface area (Å²) >= 11 is 3.40. The van der Waals surface area contributed by atoms with Gasteiger partial charge in [-0.2, -0.15) is 0 Å². The highest BCUT2D eigenvalue weighted by Crippen LogP contribution is 2.16. The molecule has 0 aromatic heterocycles. The molecule has 0 heterocycles.